The van der Waals surface area contributed by atoms with Gasteiger partial charge in [-0.05, 0) is 0 Å². The Bertz CT molecular complexity index is 99.8. The fourth-order valence-electron chi connectivity index (χ4n) is 0.774. The molecule has 0 saturated heterocycles. The molecule has 0 heterocycles. The molecule has 1 N–H and O–H groups in total. The van der Waals surface area contributed by atoms with Crippen molar-refractivity contribution in [1.82, 2.24) is 10.2 Å². The summed E-state index contributed by atoms with van der Waals surface area (Å²) in [7, 11) is 0. The Balaban J connectivity index is 3.65. The quantitative estimate of drug-likeness (QED) is 0.706. The molecule has 0 aromatic rings. The van der Waals surface area contributed by atoms with Crippen molar-refractivity contribution >= 4 is 25.6 Å². The maximum atomic E-state index is 3.29. The van der Waals surface area contributed by atoms with Gasteiger partial charge in [0.1, 0.15) is 0 Å². The second-order valence-corrected chi connectivity index (χ2v) is 3.11. The van der Waals surface area contributed by atoms with Crippen LogP contribution in [0.5, 0.6) is 0 Å². The molecular formula is C7H16N2Te. The number of hydrogen-bond donors (Lipinski definition) is 1. The summed E-state index contributed by atoms with van der Waals surface area (Å²) in [6.07, 6.45) is 0. The van der Waals surface area contributed by atoms with Crippen LogP contribution in [0.25, 0.3) is 0 Å². The Labute approximate surface area is 76.4 Å². The molecule has 0 aliphatic rings. The summed E-state index contributed by atoms with van der Waals surface area (Å²) in [6.45, 7) is 9.67. The number of nitrogens with zero attached hydrogens (tertiary/aromatic N) is 1. The van der Waals surface area contributed by atoms with Crippen LogP contribution in [-0.4, -0.2) is 50.2 Å². The van der Waals surface area contributed by atoms with Crippen molar-refractivity contribution in [2.45, 2.75) is 20.8 Å². The van der Waals surface area contributed by atoms with Gasteiger partial charge in [-0.1, -0.05) is 0 Å². The zero-order valence-corrected chi connectivity index (χ0v) is 9.31. The van der Waals surface area contributed by atoms with Crippen LogP contribution in [0.1, 0.15) is 20.8 Å². The molecule has 0 fully saturated rings. The molecular weight excluding hydrogens is 240 g/mol. The van der Waals surface area contributed by atoms with Crippen molar-refractivity contribution in [2.24, 2.45) is 0 Å². The van der Waals surface area contributed by atoms with E-state index in [0.29, 0.717) is 0 Å². The van der Waals surface area contributed by atoms with Gasteiger partial charge < -0.3 is 0 Å². The van der Waals surface area contributed by atoms with Crippen molar-refractivity contribution in [3.8, 4) is 0 Å². The SMILES string of the molecule is CCNC(=[Te])N(CC)CC. The zero-order chi connectivity index (χ0) is 7.98. The van der Waals surface area contributed by atoms with Crippen molar-refractivity contribution in [3.05, 3.63) is 0 Å². The van der Waals surface area contributed by atoms with E-state index in [1.165, 1.54) is 3.80 Å². The first-order valence-electron chi connectivity index (χ1n) is 3.79. The van der Waals surface area contributed by atoms with Crippen LogP contribution in [-0.2, 0) is 0 Å². The van der Waals surface area contributed by atoms with E-state index in [1.54, 1.807) is 0 Å². The molecule has 2 nitrogen and oxygen atoms in total. The van der Waals surface area contributed by atoms with Gasteiger partial charge in [-0.25, -0.2) is 0 Å². The second-order valence-electron chi connectivity index (χ2n) is 2.01. The molecule has 0 spiro atoms. The first kappa shape index (κ1) is 10.3. The van der Waals surface area contributed by atoms with Gasteiger partial charge in [-0.3, -0.25) is 0 Å². The van der Waals surface area contributed by atoms with Gasteiger partial charge in [-0.2, -0.15) is 0 Å². The molecule has 0 aliphatic heterocycles. The molecule has 0 amide bonds. The third-order valence-electron chi connectivity index (χ3n) is 1.38. The first-order valence-corrected chi connectivity index (χ1v) is 4.95. The van der Waals surface area contributed by atoms with Crippen molar-refractivity contribution in [2.75, 3.05) is 19.6 Å². The van der Waals surface area contributed by atoms with E-state index in [2.05, 4.69) is 52.8 Å². The molecule has 0 rings (SSSR count). The van der Waals surface area contributed by atoms with E-state index >= 15 is 0 Å². The molecule has 0 aliphatic carbocycles. The standard InChI is InChI=1S/C7H16N2Te/c1-4-8-7(10)9(5-2)6-3/h4-6H2,1-3H3,(H,8,10). The summed E-state index contributed by atoms with van der Waals surface area (Å²) in [5.74, 6) is 0. The number of rotatable bonds is 5. The predicted molar refractivity (Wildman–Crippen MR) is 47.4 cm³/mol. The molecule has 0 aromatic carbocycles. The summed E-state index contributed by atoms with van der Waals surface area (Å²) < 4.78 is 1.29. The van der Waals surface area contributed by atoms with Crippen LogP contribution in [0.15, 0.2) is 0 Å². The third kappa shape index (κ3) is 3.43. The normalized spacial score (nSPS) is 9.10. The van der Waals surface area contributed by atoms with E-state index < -0.39 is 0 Å². The fourth-order valence-corrected chi connectivity index (χ4v) is 1.92. The molecule has 0 unspecified atom stereocenters. The molecule has 0 bridgehead atoms. The average Bonchev–Trinajstić information content (AvgIpc) is 1.91. The Morgan fingerprint density at radius 1 is 1.30 bits per heavy atom. The summed E-state index contributed by atoms with van der Waals surface area (Å²) in [5, 5.41) is 3.29. The molecule has 10 heavy (non-hydrogen) atoms. The fraction of sp³-hybridized carbons (Fsp3) is 0.857. The summed E-state index contributed by atoms with van der Waals surface area (Å²) in [5.41, 5.74) is 0. The zero-order valence-electron chi connectivity index (χ0n) is 6.98. The molecule has 0 radical (unpaired) electrons. The minimum atomic E-state index is 1.02. The second kappa shape index (κ2) is 6.00. The monoisotopic (exact) mass is 258 g/mol. The maximum absolute atomic E-state index is 3.29. The summed E-state index contributed by atoms with van der Waals surface area (Å²) in [6, 6.07) is 0. The van der Waals surface area contributed by atoms with Gasteiger partial charge in [0.15, 0.2) is 0 Å². The van der Waals surface area contributed by atoms with Crippen LogP contribution in [0.2, 0.25) is 0 Å². The topological polar surface area (TPSA) is 15.3 Å². The molecule has 60 valence electrons. The van der Waals surface area contributed by atoms with Crippen LogP contribution in [0.4, 0.5) is 0 Å². The summed E-state index contributed by atoms with van der Waals surface area (Å²) in [4.78, 5) is 2.31. The van der Waals surface area contributed by atoms with Gasteiger partial charge in [0.2, 0.25) is 0 Å². The number of nitrogens with one attached hydrogen (secondary N) is 1. The van der Waals surface area contributed by atoms with Gasteiger partial charge >= 0.3 is 76.2 Å². The molecule has 3 heteroatoms. The Morgan fingerprint density at radius 2 is 1.80 bits per heavy atom. The van der Waals surface area contributed by atoms with Crippen LogP contribution in [0, 0.1) is 0 Å². The molecule has 0 aromatic heterocycles. The van der Waals surface area contributed by atoms with E-state index in [1.807, 2.05) is 0 Å². The van der Waals surface area contributed by atoms with Gasteiger partial charge in [0.05, 0.1) is 0 Å². The Hall–Kier alpha value is 0.260. The van der Waals surface area contributed by atoms with Gasteiger partial charge in [0, 0.05) is 0 Å². The number of hydrogen-bond acceptors (Lipinski definition) is 2. The third-order valence-corrected chi connectivity index (χ3v) is 2.53. The first-order chi connectivity index (χ1) is 4.76. The van der Waals surface area contributed by atoms with Gasteiger partial charge in [-0.15, -0.1) is 0 Å². The van der Waals surface area contributed by atoms with Crippen LogP contribution < -0.4 is 5.32 Å². The van der Waals surface area contributed by atoms with Crippen LogP contribution in [0.3, 0.4) is 0 Å². The summed E-state index contributed by atoms with van der Waals surface area (Å²) >= 11 is 2.05. The van der Waals surface area contributed by atoms with E-state index in [0.717, 1.165) is 19.6 Å². The van der Waals surface area contributed by atoms with E-state index in [9.17, 15) is 0 Å². The van der Waals surface area contributed by atoms with E-state index in [4.69, 9.17) is 0 Å². The van der Waals surface area contributed by atoms with Crippen molar-refractivity contribution < 1.29 is 0 Å². The Kier molecular flexibility index (Phi) is 6.16. The van der Waals surface area contributed by atoms with Crippen molar-refractivity contribution in [1.29, 1.82) is 0 Å². The Morgan fingerprint density at radius 3 is 2.10 bits per heavy atom. The predicted octanol–water partition coefficient (Wildman–Crippen LogP) is 0.194. The molecule has 0 atom stereocenters. The van der Waals surface area contributed by atoms with Gasteiger partial charge in [0.25, 0.3) is 0 Å². The van der Waals surface area contributed by atoms with E-state index in [-0.39, 0.29) is 0 Å². The van der Waals surface area contributed by atoms with Crippen molar-refractivity contribution in [3.63, 3.8) is 0 Å². The van der Waals surface area contributed by atoms with Crippen LogP contribution >= 0.6 is 0 Å². The molecule has 0 saturated carbocycles. The minimum absolute atomic E-state index is 1.02. The average molecular weight is 256 g/mol.